The van der Waals surface area contributed by atoms with E-state index in [-0.39, 0.29) is 17.0 Å². The molecule has 0 aliphatic heterocycles. The summed E-state index contributed by atoms with van der Waals surface area (Å²) in [6.07, 6.45) is 0.432. The zero-order valence-corrected chi connectivity index (χ0v) is 11.0. The van der Waals surface area contributed by atoms with E-state index in [1.165, 1.54) is 6.92 Å². The third-order valence-electron chi connectivity index (χ3n) is 2.40. The van der Waals surface area contributed by atoms with Crippen molar-refractivity contribution in [1.82, 2.24) is 4.72 Å². The number of nitro benzene ring substituents is 1. The van der Waals surface area contributed by atoms with Crippen LogP contribution in [0.15, 0.2) is 17.0 Å². The molecule has 0 spiro atoms. The van der Waals surface area contributed by atoms with E-state index in [1.807, 2.05) is 0 Å². The van der Waals surface area contributed by atoms with Crippen LogP contribution in [0, 0.1) is 22.9 Å². The van der Waals surface area contributed by atoms with Crippen molar-refractivity contribution in [3.8, 4) is 0 Å². The second-order valence-electron chi connectivity index (χ2n) is 3.87. The van der Waals surface area contributed by atoms with Gasteiger partial charge in [-0.05, 0) is 31.5 Å². The Kier molecular flexibility index (Phi) is 4.92. The zero-order chi connectivity index (χ0) is 14.6. The van der Waals surface area contributed by atoms with Crippen molar-refractivity contribution in [2.24, 2.45) is 5.73 Å². The Morgan fingerprint density at radius 3 is 2.63 bits per heavy atom. The predicted octanol–water partition coefficient (Wildman–Crippen LogP) is 0.669. The van der Waals surface area contributed by atoms with Crippen LogP contribution < -0.4 is 10.5 Å². The van der Waals surface area contributed by atoms with Crippen molar-refractivity contribution in [1.29, 1.82) is 0 Å². The number of rotatable bonds is 6. The molecule has 19 heavy (non-hydrogen) atoms. The molecule has 9 heteroatoms. The quantitative estimate of drug-likeness (QED) is 0.454. The summed E-state index contributed by atoms with van der Waals surface area (Å²) in [6, 6.07) is 1.55. The van der Waals surface area contributed by atoms with Gasteiger partial charge in [-0.1, -0.05) is 0 Å². The second-order valence-corrected chi connectivity index (χ2v) is 5.60. The molecule has 0 unspecified atom stereocenters. The largest absolute Gasteiger partial charge is 0.330 e. The first-order valence-corrected chi connectivity index (χ1v) is 6.92. The molecular formula is C10H14FN3O4S. The number of halogens is 1. The third kappa shape index (κ3) is 3.69. The highest BCUT2D eigenvalue weighted by Gasteiger charge is 2.23. The van der Waals surface area contributed by atoms with E-state index in [0.29, 0.717) is 13.0 Å². The molecule has 0 aliphatic rings. The first kappa shape index (κ1) is 15.5. The molecule has 1 rings (SSSR count). The molecule has 0 amide bonds. The van der Waals surface area contributed by atoms with Crippen molar-refractivity contribution < 1.29 is 17.7 Å². The number of nitro groups is 1. The van der Waals surface area contributed by atoms with Crippen LogP contribution in [0.25, 0.3) is 0 Å². The summed E-state index contributed by atoms with van der Waals surface area (Å²) in [4.78, 5) is 9.33. The van der Waals surface area contributed by atoms with E-state index in [2.05, 4.69) is 4.72 Å². The molecule has 0 saturated heterocycles. The molecule has 1 aromatic carbocycles. The van der Waals surface area contributed by atoms with E-state index in [9.17, 15) is 22.9 Å². The lowest BCUT2D eigenvalue weighted by Crippen LogP contribution is -2.27. The van der Waals surface area contributed by atoms with Crippen LogP contribution in [0.1, 0.15) is 12.0 Å². The minimum atomic E-state index is -3.91. The van der Waals surface area contributed by atoms with E-state index in [4.69, 9.17) is 5.73 Å². The predicted molar refractivity (Wildman–Crippen MR) is 66.7 cm³/mol. The zero-order valence-electron chi connectivity index (χ0n) is 10.2. The monoisotopic (exact) mass is 291 g/mol. The molecule has 0 atom stereocenters. The summed E-state index contributed by atoms with van der Waals surface area (Å²) in [5.74, 6) is -1.07. The molecule has 0 aromatic heterocycles. The van der Waals surface area contributed by atoms with Crippen molar-refractivity contribution in [2.45, 2.75) is 18.2 Å². The van der Waals surface area contributed by atoms with E-state index in [0.717, 1.165) is 12.1 Å². The van der Waals surface area contributed by atoms with E-state index >= 15 is 0 Å². The van der Waals surface area contributed by atoms with Crippen LogP contribution in [0.3, 0.4) is 0 Å². The average Bonchev–Trinajstić information content (AvgIpc) is 2.28. The minimum Gasteiger partial charge on any atom is -0.330 e. The molecule has 1 aromatic rings. The van der Waals surface area contributed by atoms with Crippen LogP contribution >= 0.6 is 0 Å². The highest BCUT2D eigenvalue weighted by molar-refractivity contribution is 7.89. The fourth-order valence-electron chi connectivity index (χ4n) is 1.46. The number of nitrogens with zero attached hydrogens (tertiary/aromatic N) is 1. The number of hydrogen-bond acceptors (Lipinski definition) is 5. The lowest BCUT2D eigenvalue weighted by Gasteiger charge is -2.09. The van der Waals surface area contributed by atoms with Gasteiger partial charge in [0, 0.05) is 12.6 Å². The lowest BCUT2D eigenvalue weighted by molar-refractivity contribution is -0.387. The second kappa shape index (κ2) is 6.04. The fraction of sp³-hybridized carbons (Fsp3) is 0.400. The molecule has 106 valence electrons. The molecule has 0 fully saturated rings. The Hall–Kier alpha value is -1.58. The van der Waals surface area contributed by atoms with Gasteiger partial charge in [-0.25, -0.2) is 13.1 Å². The van der Waals surface area contributed by atoms with Gasteiger partial charge in [0.05, 0.1) is 9.82 Å². The summed E-state index contributed by atoms with van der Waals surface area (Å²) < 4.78 is 39.4. The highest BCUT2D eigenvalue weighted by Crippen LogP contribution is 2.25. The maximum absolute atomic E-state index is 13.3. The minimum absolute atomic E-state index is 0.100. The molecule has 0 bridgehead atoms. The Morgan fingerprint density at radius 2 is 2.11 bits per heavy atom. The van der Waals surface area contributed by atoms with Gasteiger partial charge < -0.3 is 5.73 Å². The number of nitrogens with two attached hydrogens (primary N) is 1. The first-order valence-electron chi connectivity index (χ1n) is 5.44. The number of aryl methyl sites for hydroxylation is 1. The lowest BCUT2D eigenvalue weighted by atomic mass is 10.2. The van der Waals surface area contributed by atoms with Gasteiger partial charge in [0.25, 0.3) is 0 Å². The molecule has 7 nitrogen and oxygen atoms in total. The average molecular weight is 291 g/mol. The SMILES string of the molecule is Cc1cc(F)c([N+](=O)[O-])cc1S(=O)(=O)NCCCN. The number of hydrogen-bond donors (Lipinski definition) is 2. The van der Waals surface area contributed by atoms with Gasteiger partial charge in [-0.2, -0.15) is 4.39 Å². The number of nitrogens with one attached hydrogen (secondary N) is 1. The Bertz CT molecular complexity index is 589. The molecule has 0 saturated carbocycles. The summed E-state index contributed by atoms with van der Waals surface area (Å²) >= 11 is 0. The number of sulfonamides is 1. The normalized spacial score (nSPS) is 11.5. The highest BCUT2D eigenvalue weighted by atomic mass is 32.2. The van der Waals surface area contributed by atoms with Gasteiger partial charge in [-0.3, -0.25) is 10.1 Å². The summed E-state index contributed by atoms with van der Waals surface area (Å²) in [5.41, 5.74) is 4.47. The first-order chi connectivity index (χ1) is 8.79. The van der Waals surface area contributed by atoms with Gasteiger partial charge in [-0.15, -0.1) is 0 Å². The Labute approximate surface area is 109 Å². The van der Waals surface area contributed by atoms with E-state index in [1.54, 1.807) is 0 Å². The Balaban J connectivity index is 3.19. The molecule has 0 aliphatic carbocycles. The van der Waals surface area contributed by atoms with Gasteiger partial charge in [0.2, 0.25) is 15.8 Å². The van der Waals surface area contributed by atoms with Crippen molar-refractivity contribution in [3.05, 3.63) is 33.6 Å². The molecule has 0 heterocycles. The Morgan fingerprint density at radius 1 is 1.47 bits per heavy atom. The maximum Gasteiger partial charge on any atom is 0.306 e. The molecular weight excluding hydrogens is 277 g/mol. The number of benzene rings is 1. The van der Waals surface area contributed by atoms with Crippen molar-refractivity contribution in [2.75, 3.05) is 13.1 Å². The third-order valence-corrected chi connectivity index (χ3v) is 4.01. The van der Waals surface area contributed by atoms with Gasteiger partial charge in [0.15, 0.2) is 0 Å². The van der Waals surface area contributed by atoms with Crippen molar-refractivity contribution in [3.63, 3.8) is 0 Å². The molecule has 0 radical (unpaired) electrons. The summed E-state index contributed by atoms with van der Waals surface area (Å²) in [5, 5.41) is 10.6. The van der Waals surface area contributed by atoms with E-state index < -0.39 is 26.5 Å². The standard InChI is InChI=1S/C10H14FN3O4S/c1-7-5-8(11)9(14(15)16)6-10(7)19(17,18)13-4-2-3-12/h5-6,13H,2-4,12H2,1H3. The fourth-order valence-corrected chi connectivity index (χ4v) is 2.78. The van der Waals surface area contributed by atoms with Gasteiger partial charge >= 0.3 is 5.69 Å². The summed E-state index contributed by atoms with van der Waals surface area (Å²) in [6.45, 7) is 1.79. The van der Waals surface area contributed by atoms with Crippen LogP contribution in [0.2, 0.25) is 0 Å². The van der Waals surface area contributed by atoms with Crippen LogP contribution in [-0.2, 0) is 10.0 Å². The smallest absolute Gasteiger partial charge is 0.306 e. The van der Waals surface area contributed by atoms with Crippen molar-refractivity contribution >= 4 is 15.7 Å². The maximum atomic E-state index is 13.3. The van der Waals surface area contributed by atoms with Crippen LogP contribution in [-0.4, -0.2) is 26.4 Å². The topological polar surface area (TPSA) is 115 Å². The molecule has 3 N–H and O–H groups in total. The van der Waals surface area contributed by atoms with Gasteiger partial charge in [0.1, 0.15) is 0 Å². The van der Waals surface area contributed by atoms with Crippen LogP contribution in [0.5, 0.6) is 0 Å². The summed E-state index contributed by atoms with van der Waals surface area (Å²) in [7, 11) is -3.91. The van der Waals surface area contributed by atoms with Crippen LogP contribution in [0.4, 0.5) is 10.1 Å².